The number of hydrogen-bond donors (Lipinski definition) is 2. The van der Waals surface area contributed by atoms with Gasteiger partial charge in [-0.2, -0.15) is 0 Å². The standard InChI is InChI=1S/C17H27N3O10S/c1-9(21)18-8-31-7-10(19-16(23)29-17(2,3)4)15(22)28-11-5-26-14-12(30-20(24)25)6-27-13(11)14/h10-14H,5-8H2,1-4H3,(H,18,21)(H,19,23)/t10-,11+,12-,13+,14+/m0/s1. The quantitative estimate of drug-likeness (QED) is 0.155. The number of rotatable bonds is 9. The highest BCUT2D eigenvalue weighted by atomic mass is 32.2. The van der Waals surface area contributed by atoms with Crippen LogP contribution in [0.2, 0.25) is 0 Å². The number of amides is 2. The van der Waals surface area contributed by atoms with Crippen molar-refractivity contribution >= 4 is 29.7 Å². The largest absolute Gasteiger partial charge is 0.455 e. The van der Waals surface area contributed by atoms with Gasteiger partial charge in [-0.05, 0) is 20.8 Å². The Morgan fingerprint density at radius 3 is 2.39 bits per heavy atom. The van der Waals surface area contributed by atoms with Crippen LogP contribution in [-0.4, -0.2) is 84.0 Å². The van der Waals surface area contributed by atoms with Crippen LogP contribution in [0.5, 0.6) is 0 Å². The van der Waals surface area contributed by atoms with Crippen molar-refractivity contribution in [1.82, 2.24) is 10.6 Å². The Balaban J connectivity index is 1.95. The monoisotopic (exact) mass is 465 g/mol. The maximum atomic E-state index is 12.7. The lowest BCUT2D eigenvalue weighted by atomic mass is 10.1. The van der Waals surface area contributed by atoms with E-state index in [-0.39, 0.29) is 30.8 Å². The molecule has 5 atom stereocenters. The molecule has 176 valence electrons. The molecular formula is C17H27N3O10S. The molecule has 2 fully saturated rings. The van der Waals surface area contributed by atoms with Crippen molar-refractivity contribution in [2.45, 2.75) is 63.8 Å². The van der Waals surface area contributed by atoms with Gasteiger partial charge in [0.15, 0.2) is 12.2 Å². The van der Waals surface area contributed by atoms with Gasteiger partial charge in [-0.25, -0.2) is 9.59 Å². The van der Waals surface area contributed by atoms with Crippen LogP contribution in [0.25, 0.3) is 0 Å². The van der Waals surface area contributed by atoms with Gasteiger partial charge in [0.1, 0.15) is 23.9 Å². The summed E-state index contributed by atoms with van der Waals surface area (Å²) in [5.41, 5.74) is -0.766. The van der Waals surface area contributed by atoms with E-state index in [0.717, 1.165) is 0 Å². The fourth-order valence-corrected chi connectivity index (χ4v) is 3.79. The third kappa shape index (κ3) is 8.03. The second-order valence-corrected chi connectivity index (χ2v) is 8.92. The molecule has 31 heavy (non-hydrogen) atoms. The highest BCUT2D eigenvalue weighted by Crippen LogP contribution is 2.30. The third-order valence-corrected chi connectivity index (χ3v) is 5.05. The Kier molecular flexibility index (Phi) is 8.70. The average molecular weight is 465 g/mol. The molecule has 2 amide bonds. The number of fused-ring (bicyclic) bond motifs is 1. The summed E-state index contributed by atoms with van der Waals surface area (Å²) in [5, 5.41) is 14.7. The highest BCUT2D eigenvalue weighted by Gasteiger charge is 2.51. The van der Waals surface area contributed by atoms with E-state index in [4.69, 9.17) is 18.9 Å². The van der Waals surface area contributed by atoms with E-state index < -0.39 is 53.2 Å². The molecule has 0 aromatic heterocycles. The minimum atomic E-state index is -1.07. The summed E-state index contributed by atoms with van der Waals surface area (Å²) < 4.78 is 21.6. The number of carbonyl (C=O) groups excluding carboxylic acids is 3. The van der Waals surface area contributed by atoms with Gasteiger partial charge < -0.3 is 34.4 Å². The molecule has 0 aliphatic carbocycles. The van der Waals surface area contributed by atoms with Gasteiger partial charge in [0.2, 0.25) is 5.91 Å². The number of hydrogen-bond acceptors (Lipinski definition) is 11. The molecule has 2 N–H and O–H groups in total. The zero-order valence-electron chi connectivity index (χ0n) is 17.7. The second-order valence-electron chi connectivity index (χ2n) is 7.89. The minimum Gasteiger partial charge on any atom is -0.455 e. The maximum Gasteiger partial charge on any atom is 0.408 e. The highest BCUT2D eigenvalue weighted by molar-refractivity contribution is 7.99. The lowest BCUT2D eigenvalue weighted by Gasteiger charge is -2.24. The van der Waals surface area contributed by atoms with Crippen molar-refractivity contribution in [2.75, 3.05) is 24.8 Å². The van der Waals surface area contributed by atoms with Crippen LogP contribution in [0.3, 0.4) is 0 Å². The van der Waals surface area contributed by atoms with Crippen molar-refractivity contribution in [1.29, 1.82) is 0 Å². The zero-order valence-corrected chi connectivity index (χ0v) is 18.5. The fourth-order valence-electron chi connectivity index (χ4n) is 2.91. The molecule has 0 spiro atoms. The van der Waals surface area contributed by atoms with Crippen LogP contribution in [0.15, 0.2) is 0 Å². The van der Waals surface area contributed by atoms with Gasteiger partial charge in [0.05, 0.1) is 19.1 Å². The second kappa shape index (κ2) is 10.8. The van der Waals surface area contributed by atoms with E-state index in [1.54, 1.807) is 20.8 Å². The van der Waals surface area contributed by atoms with E-state index >= 15 is 0 Å². The summed E-state index contributed by atoms with van der Waals surface area (Å²) >= 11 is 1.20. The molecule has 0 radical (unpaired) electrons. The number of carbonyl (C=O) groups is 3. The van der Waals surface area contributed by atoms with Crippen molar-refractivity contribution in [3.05, 3.63) is 10.1 Å². The Hall–Kier alpha value is -2.32. The van der Waals surface area contributed by atoms with Crippen LogP contribution >= 0.6 is 11.8 Å². The lowest BCUT2D eigenvalue weighted by Crippen LogP contribution is -2.48. The summed E-state index contributed by atoms with van der Waals surface area (Å²) in [7, 11) is 0. The predicted octanol–water partition coefficient (Wildman–Crippen LogP) is -0.00720. The van der Waals surface area contributed by atoms with Crippen molar-refractivity contribution < 1.29 is 43.3 Å². The molecule has 0 bridgehead atoms. The smallest absolute Gasteiger partial charge is 0.408 e. The fraction of sp³-hybridized carbons (Fsp3) is 0.824. The van der Waals surface area contributed by atoms with E-state index in [2.05, 4.69) is 15.5 Å². The number of nitrogens with zero attached hydrogens (tertiary/aromatic N) is 1. The molecule has 2 aliphatic rings. The average Bonchev–Trinajstić information content (AvgIpc) is 3.19. The number of nitrogens with one attached hydrogen (secondary N) is 2. The van der Waals surface area contributed by atoms with Crippen molar-refractivity contribution in [3.8, 4) is 0 Å². The van der Waals surface area contributed by atoms with Crippen molar-refractivity contribution in [2.24, 2.45) is 0 Å². The third-order valence-electron chi connectivity index (χ3n) is 4.13. The minimum absolute atomic E-state index is 0.0309. The van der Waals surface area contributed by atoms with E-state index in [1.165, 1.54) is 18.7 Å². The van der Waals surface area contributed by atoms with Crippen LogP contribution in [0, 0.1) is 10.1 Å². The van der Waals surface area contributed by atoms with E-state index in [9.17, 15) is 24.5 Å². The van der Waals surface area contributed by atoms with Gasteiger partial charge in [-0.1, -0.05) is 0 Å². The van der Waals surface area contributed by atoms with Crippen LogP contribution in [0.1, 0.15) is 27.7 Å². The summed E-state index contributed by atoms with van der Waals surface area (Å²) in [6.07, 6.45) is -3.99. The number of alkyl carbamates (subject to hydrolysis) is 1. The molecule has 0 aromatic carbocycles. The number of esters is 1. The topological polar surface area (TPSA) is 165 Å². The molecule has 2 saturated heterocycles. The first kappa shape index (κ1) is 24.9. The van der Waals surface area contributed by atoms with Gasteiger partial charge in [-0.15, -0.1) is 21.9 Å². The van der Waals surface area contributed by atoms with Gasteiger partial charge in [0.25, 0.3) is 5.09 Å². The molecule has 2 rings (SSSR count). The molecule has 0 aromatic rings. The lowest BCUT2D eigenvalue weighted by molar-refractivity contribution is -0.769. The van der Waals surface area contributed by atoms with Gasteiger partial charge >= 0.3 is 12.1 Å². The van der Waals surface area contributed by atoms with Crippen LogP contribution in [0.4, 0.5) is 4.79 Å². The Morgan fingerprint density at radius 1 is 1.19 bits per heavy atom. The molecule has 14 heteroatoms. The van der Waals surface area contributed by atoms with E-state index in [1.807, 2.05) is 0 Å². The van der Waals surface area contributed by atoms with Gasteiger partial charge in [0, 0.05) is 12.7 Å². The first-order valence-electron chi connectivity index (χ1n) is 9.53. The Bertz CT molecular complexity index is 686. The van der Waals surface area contributed by atoms with Crippen LogP contribution < -0.4 is 10.6 Å². The van der Waals surface area contributed by atoms with Gasteiger partial charge in [-0.3, -0.25) is 4.79 Å². The molecule has 0 saturated carbocycles. The number of thioether (sulfide) groups is 1. The molecule has 2 aliphatic heterocycles. The molecule has 0 unspecified atom stereocenters. The maximum absolute atomic E-state index is 12.7. The zero-order chi connectivity index (χ0) is 23.2. The Morgan fingerprint density at radius 2 is 1.81 bits per heavy atom. The SMILES string of the molecule is CC(=O)NCSC[C@H](NC(=O)OC(C)(C)C)C(=O)O[C@@H]1CO[C@H]2[C@@H]1OC[C@@H]2O[N+](=O)[O-]. The summed E-state index contributed by atoms with van der Waals surface area (Å²) in [6.45, 7) is 6.31. The first-order chi connectivity index (χ1) is 14.5. The van der Waals surface area contributed by atoms with Crippen molar-refractivity contribution in [3.63, 3.8) is 0 Å². The Labute approximate surface area is 182 Å². The summed E-state index contributed by atoms with van der Waals surface area (Å²) in [5.74, 6) is -0.646. The molecule has 2 heterocycles. The first-order valence-corrected chi connectivity index (χ1v) is 10.7. The normalized spacial score (nSPS) is 25.8. The number of ether oxygens (including phenoxy) is 4. The molecule has 13 nitrogen and oxygen atoms in total. The predicted molar refractivity (Wildman–Crippen MR) is 106 cm³/mol. The summed E-state index contributed by atoms with van der Waals surface area (Å²) in [4.78, 5) is 51.0. The van der Waals surface area contributed by atoms with E-state index in [0.29, 0.717) is 0 Å². The summed E-state index contributed by atoms with van der Waals surface area (Å²) in [6, 6.07) is -1.07. The molecular weight excluding hydrogens is 438 g/mol. The van der Waals surface area contributed by atoms with Crippen LogP contribution in [-0.2, 0) is 33.4 Å².